The van der Waals surface area contributed by atoms with E-state index in [9.17, 15) is 15.0 Å². The molecule has 2 atom stereocenters. The number of aliphatic hydroxyl groups excluding tert-OH is 1. The van der Waals surface area contributed by atoms with E-state index in [4.69, 9.17) is 21.4 Å². The second-order valence-electron chi connectivity index (χ2n) is 5.43. The summed E-state index contributed by atoms with van der Waals surface area (Å²) in [5, 5.41) is 30.3. The molecule has 130 valence electrons. The Kier molecular flexibility index (Phi) is 6.81. The van der Waals surface area contributed by atoms with Gasteiger partial charge in [0.1, 0.15) is 0 Å². The summed E-state index contributed by atoms with van der Waals surface area (Å²) >= 11 is 6.11. The van der Waals surface area contributed by atoms with Crippen molar-refractivity contribution in [3.63, 3.8) is 0 Å². The number of rotatable bonds is 7. The first kappa shape index (κ1) is 18.5. The Morgan fingerprint density at radius 2 is 2.12 bits per heavy atom. The van der Waals surface area contributed by atoms with Gasteiger partial charge in [-0.05, 0) is 24.1 Å². The number of ether oxygens (including phenoxy) is 1. The van der Waals surface area contributed by atoms with Crippen molar-refractivity contribution >= 4 is 17.7 Å². The normalized spacial score (nSPS) is 18.3. The highest BCUT2D eigenvalue weighted by atomic mass is 35.5. The maximum Gasteiger partial charge on any atom is 0.404 e. The molecule has 1 aromatic rings. The van der Waals surface area contributed by atoms with Crippen LogP contribution >= 0.6 is 11.6 Å². The van der Waals surface area contributed by atoms with Crippen LogP contribution in [-0.4, -0.2) is 34.6 Å². The molecule has 0 radical (unpaired) electrons. The topological polar surface area (TPSA) is 99.0 Å². The Labute approximate surface area is 145 Å². The molecule has 0 saturated heterocycles. The van der Waals surface area contributed by atoms with Gasteiger partial charge in [-0.3, -0.25) is 0 Å². The van der Waals surface area contributed by atoms with Crippen LogP contribution in [0.3, 0.4) is 0 Å². The van der Waals surface area contributed by atoms with Gasteiger partial charge in [0.15, 0.2) is 6.29 Å². The van der Waals surface area contributed by atoms with Crippen molar-refractivity contribution in [2.45, 2.75) is 18.8 Å². The van der Waals surface area contributed by atoms with Crippen molar-refractivity contribution in [2.24, 2.45) is 5.92 Å². The summed E-state index contributed by atoms with van der Waals surface area (Å²) in [6.07, 6.45) is 3.19. The van der Waals surface area contributed by atoms with E-state index in [1.165, 1.54) is 0 Å². The molecule has 0 fully saturated rings. The zero-order chi connectivity index (χ0) is 17.5. The minimum absolute atomic E-state index is 0.0292. The second-order valence-corrected chi connectivity index (χ2v) is 5.92. The monoisotopic (exact) mass is 353 g/mol. The van der Waals surface area contributed by atoms with E-state index in [2.05, 4.69) is 5.32 Å². The van der Waals surface area contributed by atoms with Gasteiger partial charge in [-0.2, -0.15) is 0 Å². The Hall–Kier alpha value is -1.86. The lowest BCUT2D eigenvalue weighted by Crippen LogP contribution is -2.27. The first-order valence-electron chi connectivity index (χ1n) is 7.54. The molecule has 1 amide bonds. The summed E-state index contributed by atoms with van der Waals surface area (Å²) in [6.45, 7) is 0.350. The van der Waals surface area contributed by atoms with Crippen LogP contribution in [0.1, 0.15) is 29.9 Å². The second kappa shape index (κ2) is 8.84. The molecule has 0 spiro atoms. The van der Waals surface area contributed by atoms with Crippen molar-refractivity contribution in [2.75, 3.05) is 13.2 Å². The van der Waals surface area contributed by atoms with E-state index in [-0.39, 0.29) is 25.2 Å². The van der Waals surface area contributed by atoms with Crippen molar-refractivity contribution in [1.29, 1.82) is 0 Å². The van der Waals surface area contributed by atoms with Crippen LogP contribution in [0.2, 0.25) is 0 Å². The van der Waals surface area contributed by atoms with E-state index in [1.807, 2.05) is 24.3 Å². The number of hydrogen-bond donors (Lipinski definition) is 4. The fourth-order valence-electron chi connectivity index (χ4n) is 2.58. The molecule has 0 saturated carbocycles. The molecule has 0 heterocycles. The van der Waals surface area contributed by atoms with E-state index >= 15 is 0 Å². The fourth-order valence-corrected chi connectivity index (χ4v) is 2.83. The number of nitrogens with one attached hydrogen (secondary N) is 1. The van der Waals surface area contributed by atoms with Crippen molar-refractivity contribution in [3.8, 4) is 0 Å². The van der Waals surface area contributed by atoms with Crippen LogP contribution in [-0.2, 0) is 4.74 Å². The molecule has 1 aliphatic rings. The van der Waals surface area contributed by atoms with Gasteiger partial charge < -0.3 is 25.4 Å². The minimum Gasteiger partial charge on any atom is -0.465 e. The molecule has 0 aromatic heterocycles. The Morgan fingerprint density at radius 1 is 1.38 bits per heavy atom. The minimum atomic E-state index is -1.57. The number of halogens is 1. The summed E-state index contributed by atoms with van der Waals surface area (Å²) in [6, 6.07) is 6.84. The summed E-state index contributed by atoms with van der Waals surface area (Å²) < 4.78 is 5.87. The van der Waals surface area contributed by atoms with E-state index in [0.717, 1.165) is 5.56 Å². The third-order valence-electron chi connectivity index (χ3n) is 3.67. The molecule has 2 rings (SSSR count). The number of hydrogen-bond acceptors (Lipinski definition) is 4. The largest absolute Gasteiger partial charge is 0.465 e. The van der Waals surface area contributed by atoms with Crippen LogP contribution in [0.15, 0.2) is 47.5 Å². The fraction of sp³-hybridized carbons (Fsp3) is 0.353. The molecule has 7 heteroatoms. The Morgan fingerprint density at radius 3 is 2.79 bits per heavy atom. The molecular formula is C17H20ClNO5. The molecule has 1 unspecified atom stereocenters. The average Bonchev–Trinajstić information content (AvgIpc) is 2.54. The predicted molar refractivity (Wildman–Crippen MR) is 89.5 cm³/mol. The highest BCUT2D eigenvalue weighted by Gasteiger charge is 2.25. The number of allylic oxidation sites excluding steroid dienone is 3. The summed E-state index contributed by atoms with van der Waals surface area (Å²) in [5.74, 6) is -0.0292. The maximum absolute atomic E-state index is 10.5. The molecule has 24 heavy (non-hydrogen) atoms. The van der Waals surface area contributed by atoms with Gasteiger partial charge in [0.25, 0.3) is 0 Å². The molecule has 0 aliphatic heterocycles. The standard InChI is InChI=1S/C17H20ClNO5/c18-14-6-2-4-12(10-14)15(24-8-7-19-17(22)23)11-3-1-5-13(9-11)16(20)21/h1-6,9,12,15-16,19-21H,7-8,10H2,(H,22,23)/t12?,15-/m1/s1. The zero-order valence-electron chi connectivity index (χ0n) is 12.9. The number of carbonyl (C=O) groups is 1. The Balaban J connectivity index is 2.15. The van der Waals surface area contributed by atoms with Gasteiger partial charge in [0, 0.05) is 23.1 Å². The van der Waals surface area contributed by atoms with Gasteiger partial charge in [-0.15, -0.1) is 0 Å². The summed E-state index contributed by atoms with van der Waals surface area (Å²) in [7, 11) is 0. The highest BCUT2D eigenvalue weighted by Crippen LogP contribution is 2.35. The van der Waals surface area contributed by atoms with Gasteiger partial charge in [-0.1, -0.05) is 42.0 Å². The van der Waals surface area contributed by atoms with Gasteiger partial charge in [0.2, 0.25) is 0 Å². The van der Waals surface area contributed by atoms with Gasteiger partial charge >= 0.3 is 6.09 Å². The van der Waals surface area contributed by atoms with Crippen LogP contribution in [0.25, 0.3) is 0 Å². The van der Waals surface area contributed by atoms with Crippen LogP contribution in [0, 0.1) is 5.92 Å². The number of aliphatic hydroxyl groups is 2. The Bertz CT molecular complexity index is 629. The number of benzene rings is 1. The van der Waals surface area contributed by atoms with E-state index < -0.39 is 12.4 Å². The summed E-state index contributed by atoms with van der Waals surface area (Å²) in [4.78, 5) is 10.5. The molecule has 0 bridgehead atoms. The smallest absolute Gasteiger partial charge is 0.404 e. The molecule has 1 aromatic carbocycles. The number of amides is 1. The predicted octanol–water partition coefficient (Wildman–Crippen LogP) is 2.69. The van der Waals surface area contributed by atoms with Crippen LogP contribution < -0.4 is 5.32 Å². The first-order chi connectivity index (χ1) is 11.5. The van der Waals surface area contributed by atoms with Crippen molar-refractivity contribution in [1.82, 2.24) is 5.32 Å². The number of carboxylic acid groups (broad SMARTS) is 1. The van der Waals surface area contributed by atoms with Crippen molar-refractivity contribution in [3.05, 3.63) is 58.7 Å². The van der Waals surface area contributed by atoms with Gasteiger partial charge in [-0.25, -0.2) is 4.79 Å². The molecule has 4 N–H and O–H groups in total. The van der Waals surface area contributed by atoms with E-state index in [1.54, 1.807) is 18.2 Å². The first-order valence-corrected chi connectivity index (χ1v) is 7.92. The zero-order valence-corrected chi connectivity index (χ0v) is 13.7. The maximum atomic E-state index is 10.5. The third kappa shape index (κ3) is 5.35. The van der Waals surface area contributed by atoms with Crippen molar-refractivity contribution < 1.29 is 24.9 Å². The molecular weight excluding hydrogens is 334 g/mol. The third-order valence-corrected chi connectivity index (χ3v) is 3.95. The molecule has 6 nitrogen and oxygen atoms in total. The van der Waals surface area contributed by atoms with Crippen LogP contribution in [0.4, 0.5) is 4.79 Å². The average molecular weight is 354 g/mol. The highest BCUT2D eigenvalue weighted by molar-refractivity contribution is 6.29. The quantitative estimate of drug-likeness (QED) is 0.446. The lowest BCUT2D eigenvalue weighted by molar-refractivity contribution is -0.0428. The van der Waals surface area contributed by atoms with Gasteiger partial charge in [0.05, 0.1) is 12.7 Å². The lowest BCUT2D eigenvalue weighted by atomic mass is 9.89. The summed E-state index contributed by atoms with van der Waals surface area (Å²) in [5.41, 5.74) is 1.14. The molecule has 1 aliphatic carbocycles. The SMILES string of the molecule is O=C(O)NCCO[C@H](c1cccc(C(O)O)c1)C1C=CC=C(Cl)C1. The van der Waals surface area contributed by atoms with E-state index in [0.29, 0.717) is 17.0 Å². The van der Waals surface area contributed by atoms with Crippen LogP contribution in [0.5, 0.6) is 0 Å². The lowest BCUT2D eigenvalue weighted by Gasteiger charge is -2.27.